The molecule has 3 rings (SSSR count). The molecular formula is C16H22ClN5O. The van der Waals surface area contributed by atoms with Gasteiger partial charge in [0.1, 0.15) is 6.04 Å². The Labute approximate surface area is 141 Å². The summed E-state index contributed by atoms with van der Waals surface area (Å²) in [5.74, 6) is 1.31. The lowest BCUT2D eigenvalue weighted by Gasteiger charge is -2.30. The number of benzene rings is 1. The fraction of sp³-hybridized carbons (Fsp3) is 0.500. The predicted molar refractivity (Wildman–Crippen MR) is 89.5 cm³/mol. The van der Waals surface area contributed by atoms with E-state index >= 15 is 0 Å². The fourth-order valence-corrected chi connectivity index (χ4v) is 3.12. The maximum atomic E-state index is 6.13. The maximum absolute atomic E-state index is 6.13. The SMILES string of the molecule is CN(C)C(c1cccc(Cl)c1)c1nc(C2CNCCN2C)no1. The topological polar surface area (TPSA) is 57.4 Å². The first kappa shape index (κ1) is 16.4. The maximum Gasteiger partial charge on any atom is 0.248 e. The molecule has 2 heterocycles. The highest BCUT2D eigenvalue weighted by molar-refractivity contribution is 6.30. The highest BCUT2D eigenvalue weighted by Gasteiger charge is 2.29. The number of hydrogen-bond acceptors (Lipinski definition) is 6. The quantitative estimate of drug-likeness (QED) is 0.921. The monoisotopic (exact) mass is 335 g/mol. The Kier molecular flexibility index (Phi) is 4.96. The molecule has 0 radical (unpaired) electrons. The molecular weight excluding hydrogens is 314 g/mol. The van der Waals surface area contributed by atoms with Gasteiger partial charge in [0.05, 0.1) is 6.04 Å². The predicted octanol–water partition coefficient (Wildman–Crippen LogP) is 1.95. The molecule has 2 aromatic rings. The van der Waals surface area contributed by atoms with E-state index in [1.54, 1.807) is 0 Å². The van der Waals surface area contributed by atoms with E-state index in [9.17, 15) is 0 Å². The molecule has 7 heteroatoms. The Morgan fingerprint density at radius 3 is 2.96 bits per heavy atom. The zero-order chi connectivity index (χ0) is 16.4. The number of halogens is 1. The number of nitrogens with one attached hydrogen (secondary N) is 1. The summed E-state index contributed by atoms with van der Waals surface area (Å²) in [7, 11) is 6.06. The normalized spacial score (nSPS) is 20.8. The molecule has 0 saturated carbocycles. The smallest absolute Gasteiger partial charge is 0.248 e. The average molecular weight is 336 g/mol. The van der Waals surface area contributed by atoms with E-state index in [0.717, 1.165) is 31.0 Å². The Hall–Kier alpha value is -1.47. The first-order valence-electron chi connectivity index (χ1n) is 7.72. The number of piperazine rings is 1. The lowest BCUT2D eigenvalue weighted by molar-refractivity contribution is 0.189. The fourth-order valence-electron chi connectivity index (χ4n) is 2.93. The van der Waals surface area contributed by atoms with Gasteiger partial charge < -0.3 is 9.84 Å². The summed E-state index contributed by atoms with van der Waals surface area (Å²) in [6, 6.07) is 7.78. The van der Waals surface area contributed by atoms with Crippen molar-refractivity contribution < 1.29 is 4.52 Å². The van der Waals surface area contributed by atoms with Gasteiger partial charge >= 0.3 is 0 Å². The van der Waals surface area contributed by atoms with E-state index in [4.69, 9.17) is 16.1 Å². The summed E-state index contributed by atoms with van der Waals surface area (Å²) < 4.78 is 5.58. The zero-order valence-corrected chi connectivity index (χ0v) is 14.4. The first-order chi connectivity index (χ1) is 11.1. The van der Waals surface area contributed by atoms with Gasteiger partial charge in [0.15, 0.2) is 5.82 Å². The standard InChI is InChI=1S/C16H22ClN5O/c1-21(2)14(11-5-4-6-12(17)9-11)16-19-15(20-23-16)13-10-18-7-8-22(13)3/h4-6,9,13-14,18H,7-8,10H2,1-3H3. The molecule has 0 aliphatic carbocycles. The number of aromatic nitrogens is 2. The minimum Gasteiger partial charge on any atom is -0.337 e. The van der Waals surface area contributed by atoms with Crippen molar-refractivity contribution in [1.29, 1.82) is 0 Å². The number of hydrogen-bond donors (Lipinski definition) is 1. The van der Waals surface area contributed by atoms with Gasteiger partial charge in [-0.1, -0.05) is 28.9 Å². The van der Waals surface area contributed by atoms with E-state index < -0.39 is 0 Å². The van der Waals surface area contributed by atoms with Crippen molar-refractivity contribution in [3.63, 3.8) is 0 Å². The molecule has 2 unspecified atom stereocenters. The van der Waals surface area contributed by atoms with Gasteiger partial charge in [0, 0.05) is 24.7 Å². The highest BCUT2D eigenvalue weighted by atomic mass is 35.5. The molecule has 6 nitrogen and oxygen atoms in total. The van der Waals surface area contributed by atoms with Crippen molar-refractivity contribution in [3.05, 3.63) is 46.6 Å². The van der Waals surface area contributed by atoms with Crippen LogP contribution in [0.4, 0.5) is 0 Å². The number of likely N-dealkylation sites (N-methyl/N-ethyl adjacent to an activating group) is 1. The van der Waals surface area contributed by atoms with Gasteiger partial charge in [0.2, 0.25) is 5.89 Å². The molecule has 1 aromatic carbocycles. The summed E-state index contributed by atoms with van der Waals surface area (Å²) >= 11 is 6.13. The second-order valence-electron chi connectivity index (χ2n) is 6.11. The molecule has 1 fully saturated rings. The second kappa shape index (κ2) is 6.97. The summed E-state index contributed by atoms with van der Waals surface area (Å²) in [6.45, 7) is 2.79. The van der Waals surface area contributed by atoms with Crippen LogP contribution in [0.3, 0.4) is 0 Å². The van der Waals surface area contributed by atoms with E-state index in [2.05, 4.69) is 27.4 Å². The Morgan fingerprint density at radius 2 is 2.26 bits per heavy atom. The van der Waals surface area contributed by atoms with Gasteiger partial charge in [-0.2, -0.15) is 4.98 Å². The lowest BCUT2D eigenvalue weighted by Crippen LogP contribution is -2.44. The molecule has 1 saturated heterocycles. The Balaban J connectivity index is 1.89. The van der Waals surface area contributed by atoms with Crippen molar-refractivity contribution >= 4 is 11.6 Å². The van der Waals surface area contributed by atoms with Crippen LogP contribution in [0.1, 0.15) is 29.4 Å². The van der Waals surface area contributed by atoms with E-state index in [-0.39, 0.29) is 12.1 Å². The van der Waals surface area contributed by atoms with Gasteiger partial charge in [-0.3, -0.25) is 9.80 Å². The van der Waals surface area contributed by atoms with E-state index in [0.29, 0.717) is 10.9 Å². The average Bonchev–Trinajstić information content (AvgIpc) is 2.97. The van der Waals surface area contributed by atoms with E-state index in [1.165, 1.54) is 0 Å². The molecule has 0 bridgehead atoms. The van der Waals surface area contributed by atoms with Gasteiger partial charge in [-0.15, -0.1) is 0 Å². The van der Waals surface area contributed by atoms with Crippen molar-refractivity contribution in [3.8, 4) is 0 Å². The van der Waals surface area contributed by atoms with Crippen LogP contribution in [0, 0.1) is 0 Å². The third-order valence-corrected chi connectivity index (χ3v) is 4.42. The molecule has 0 amide bonds. The van der Waals surface area contributed by atoms with Crippen molar-refractivity contribution in [2.24, 2.45) is 0 Å². The minimum atomic E-state index is -0.114. The van der Waals surface area contributed by atoms with Gasteiger partial charge in [0.25, 0.3) is 0 Å². The molecule has 1 aliphatic rings. The van der Waals surface area contributed by atoms with Crippen LogP contribution in [0.25, 0.3) is 0 Å². The lowest BCUT2D eigenvalue weighted by atomic mass is 10.1. The molecule has 0 spiro atoms. The van der Waals surface area contributed by atoms with Crippen molar-refractivity contribution in [1.82, 2.24) is 25.3 Å². The minimum absolute atomic E-state index is 0.114. The molecule has 23 heavy (non-hydrogen) atoms. The van der Waals surface area contributed by atoms with Crippen LogP contribution in [-0.4, -0.2) is 60.7 Å². The third-order valence-electron chi connectivity index (χ3n) is 4.18. The summed E-state index contributed by atoms with van der Waals surface area (Å²) in [5, 5.41) is 8.29. The largest absolute Gasteiger partial charge is 0.337 e. The second-order valence-corrected chi connectivity index (χ2v) is 6.55. The van der Waals surface area contributed by atoms with Crippen molar-refractivity contribution in [2.45, 2.75) is 12.1 Å². The van der Waals surface area contributed by atoms with Crippen LogP contribution >= 0.6 is 11.6 Å². The molecule has 2 atom stereocenters. The molecule has 1 aliphatic heterocycles. The van der Waals surface area contributed by atoms with E-state index in [1.807, 2.05) is 43.3 Å². The molecule has 124 valence electrons. The third kappa shape index (κ3) is 3.55. The summed E-state index contributed by atoms with van der Waals surface area (Å²) in [5.41, 5.74) is 1.04. The van der Waals surface area contributed by atoms with Crippen LogP contribution in [0.5, 0.6) is 0 Å². The Bertz CT molecular complexity index is 659. The van der Waals surface area contributed by atoms with Crippen LogP contribution in [-0.2, 0) is 0 Å². The van der Waals surface area contributed by atoms with Gasteiger partial charge in [-0.05, 0) is 38.8 Å². The van der Waals surface area contributed by atoms with Crippen LogP contribution in [0.2, 0.25) is 5.02 Å². The first-order valence-corrected chi connectivity index (χ1v) is 8.10. The van der Waals surface area contributed by atoms with Crippen molar-refractivity contribution in [2.75, 3.05) is 40.8 Å². The van der Waals surface area contributed by atoms with Crippen LogP contribution in [0.15, 0.2) is 28.8 Å². The Morgan fingerprint density at radius 1 is 1.43 bits per heavy atom. The van der Waals surface area contributed by atoms with Crippen LogP contribution < -0.4 is 5.32 Å². The summed E-state index contributed by atoms with van der Waals surface area (Å²) in [6.07, 6.45) is 0. The molecule has 1 aromatic heterocycles. The molecule has 1 N–H and O–H groups in total. The number of nitrogens with zero attached hydrogens (tertiary/aromatic N) is 4. The van der Waals surface area contributed by atoms with Gasteiger partial charge in [-0.25, -0.2) is 0 Å². The summed E-state index contributed by atoms with van der Waals surface area (Å²) in [4.78, 5) is 8.96. The number of rotatable bonds is 4. The zero-order valence-electron chi connectivity index (χ0n) is 13.7. The highest BCUT2D eigenvalue weighted by Crippen LogP contribution is 2.28.